The number of hydrogen-bond donors (Lipinski definition) is 1. The minimum Gasteiger partial charge on any atom is -0.462 e. The van der Waals surface area contributed by atoms with Gasteiger partial charge in [0.25, 0.3) is 0 Å². The number of hydrogen-bond acceptors (Lipinski definition) is 3. The normalized spacial score (nSPS) is 25.0. The molecule has 0 aromatic carbocycles. The number of nitrogens with two attached hydrogens (primary N) is 1. The van der Waals surface area contributed by atoms with E-state index in [4.69, 9.17) is 10.5 Å². The van der Waals surface area contributed by atoms with Gasteiger partial charge in [-0.3, -0.25) is 4.79 Å². The summed E-state index contributed by atoms with van der Waals surface area (Å²) in [7, 11) is 0. The van der Waals surface area contributed by atoms with Gasteiger partial charge in [-0.05, 0) is 45.1 Å². The van der Waals surface area contributed by atoms with Crippen LogP contribution in [0, 0.1) is 11.8 Å². The minimum atomic E-state index is -0.00172. The van der Waals surface area contributed by atoms with E-state index >= 15 is 0 Å². The molecule has 0 bridgehead atoms. The second kappa shape index (κ2) is 9.35. The summed E-state index contributed by atoms with van der Waals surface area (Å²) in [4.78, 5) is 12.2. The van der Waals surface area contributed by atoms with Gasteiger partial charge in [0, 0.05) is 0 Å². The zero-order valence-corrected chi connectivity index (χ0v) is 12.7. The van der Waals surface area contributed by atoms with Gasteiger partial charge in [0.15, 0.2) is 0 Å². The highest BCUT2D eigenvalue weighted by atomic mass is 16.5. The molecule has 1 fully saturated rings. The van der Waals surface area contributed by atoms with Gasteiger partial charge in [0.2, 0.25) is 0 Å². The van der Waals surface area contributed by atoms with Crippen LogP contribution >= 0.6 is 0 Å². The molecule has 1 aliphatic carbocycles. The van der Waals surface area contributed by atoms with Gasteiger partial charge in [-0.15, -0.1) is 0 Å². The SMILES string of the molecule is CCCCCCC(C)OC(=O)C1CCCCC1CN. The van der Waals surface area contributed by atoms with E-state index in [1.165, 1.54) is 25.7 Å². The summed E-state index contributed by atoms with van der Waals surface area (Å²) in [6.45, 7) is 4.84. The lowest BCUT2D eigenvalue weighted by molar-refractivity contribution is -0.156. The number of ether oxygens (including phenoxy) is 1. The van der Waals surface area contributed by atoms with Crippen molar-refractivity contribution >= 4 is 5.97 Å². The Kier molecular flexibility index (Phi) is 8.11. The number of rotatable bonds is 8. The number of unbranched alkanes of at least 4 members (excludes halogenated alkanes) is 3. The summed E-state index contributed by atoms with van der Waals surface area (Å²) in [6.07, 6.45) is 10.4. The maximum Gasteiger partial charge on any atom is 0.309 e. The van der Waals surface area contributed by atoms with E-state index in [1.54, 1.807) is 0 Å². The largest absolute Gasteiger partial charge is 0.462 e. The quantitative estimate of drug-likeness (QED) is 0.540. The van der Waals surface area contributed by atoms with Gasteiger partial charge in [-0.25, -0.2) is 0 Å². The van der Waals surface area contributed by atoms with E-state index < -0.39 is 0 Å². The van der Waals surface area contributed by atoms with Gasteiger partial charge >= 0.3 is 5.97 Å². The Hall–Kier alpha value is -0.570. The Morgan fingerprint density at radius 2 is 2.00 bits per heavy atom. The maximum atomic E-state index is 12.2. The second-order valence-corrected chi connectivity index (χ2v) is 5.98. The fraction of sp³-hybridized carbons (Fsp3) is 0.938. The number of carbonyl (C=O) groups is 1. The highest BCUT2D eigenvalue weighted by molar-refractivity contribution is 5.73. The fourth-order valence-electron chi connectivity index (χ4n) is 3.00. The highest BCUT2D eigenvalue weighted by Crippen LogP contribution is 2.30. The van der Waals surface area contributed by atoms with E-state index in [1.807, 2.05) is 6.92 Å². The fourth-order valence-corrected chi connectivity index (χ4v) is 3.00. The number of carbonyl (C=O) groups excluding carboxylic acids is 1. The third-order valence-corrected chi connectivity index (χ3v) is 4.30. The van der Waals surface area contributed by atoms with Crippen LogP contribution in [-0.4, -0.2) is 18.6 Å². The summed E-state index contributed by atoms with van der Waals surface area (Å²) < 4.78 is 5.61. The summed E-state index contributed by atoms with van der Waals surface area (Å²) >= 11 is 0. The lowest BCUT2D eigenvalue weighted by atomic mass is 9.79. The van der Waals surface area contributed by atoms with Crippen molar-refractivity contribution in [2.75, 3.05) is 6.54 Å². The van der Waals surface area contributed by atoms with Crippen molar-refractivity contribution in [3.8, 4) is 0 Å². The van der Waals surface area contributed by atoms with Crippen molar-refractivity contribution < 1.29 is 9.53 Å². The third-order valence-electron chi connectivity index (χ3n) is 4.30. The molecule has 2 N–H and O–H groups in total. The summed E-state index contributed by atoms with van der Waals surface area (Å²) in [6, 6.07) is 0. The van der Waals surface area contributed by atoms with Crippen molar-refractivity contribution in [3.63, 3.8) is 0 Å². The first-order valence-corrected chi connectivity index (χ1v) is 8.09. The smallest absolute Gasteiger partial charge is 0.309 e. The van der Waals surface area contributed by atoms with Gasteiger partial charge < -0.3 is 10.5 Å². The minimum absolute atomic E-state index is 0.00172. The van der Waals surface area contributed by atoms with Crippen LogP contribution in [-0.2, 0) is 9.53 Å². The molecule has 3 unspecified atom stereocenters. The number of esters is 1. The first-order valence-electron chi connectivity index (χ1n) is 8.09. The molecule has 0 aliphatic heterocycles. The van der Waals surface area contributed by atoms with Gasteiger partial charge in [-0.1, -0.05) is 39.0 Å². The van der Waals surface area contributed by atoms with Crippen LogP contribution in [0.5, 0.6) is 0 Å². The molecule has 3 atom stereocenters. The molecule has 0 spiro atoms. The van der Waals surface area contributed by atoms with Crippen LogP contribution in [0.2, 0.25) is 0 Å². The molecule has 0 saturated heterocycles. The first kappa shape index (κ1) is 16.5. The topological polar surface area (TPSA) is 52.3 Å². The molecule has 0 aromatic heterocycles. The first-order chi connectivity index (χ1) is 9.19. The maximum absolute atomic E-state index is 12.2. The van der Waals surface area contributed by atoms with Gasteiger partial charge in [0.05, 0.1) is 12.0 Å². The molecule has 3 heteroatoms. The molecular formula is C16H31NO2. The third kappa shape index (κ3) is 5.94. The Morgan fingerprint density at radius 1 is 1.26 bits per heavy atom. The predicted octanol–water partition coefficient (Wildman–Crippen LogP) is 3.65. The van der Waals surface area contributed by atoms with Crippen molar-refractivity contribution in [1.29, 1.82) is 0 Å². The van der Waals surface area contributed by atoms with Crippen LogP contribution < -0.4 is 5.73 Å². The Labute approximate surface area is 118 Å². The highest BCUT2D eigenvalue weighted by Gasteiger charge is 2.31. The summed E-state index contributed by atoms with van der Waals surface area (Å²) in [5.74, 6) is 0.392. The van der Waals surface area contributed by atoms with Gasteiger partial charge in [-0.2, -0.15) is 0 Å². The Morgan fingerprint density at radius 3 is 2.68 bits per heavy atom. The average molecular weight is 269 g/mol. The molecule has 1 aliphatic rings. The molecule has 3 nitrogen and oxygen atoms in total. The Bertz CT molecular complexity index is 255. The lowest BCUT2D eigenvalue weighted by Gasteiger charge is -2.29. The van der Waals surface area contributed by atoms with Crippen LogP contribution in [0.3, 0.4) is 0 Å². The molecule has 0 amide bonds. The lowest BCUT2D eigenvalue weighted by Crippen LogP contribution is -2.34. The van der Waals surface area contributed by atoms with Gasteiger partial charge in [0.1, 0.15) is 0 Å². The van der Waals surface area contributed by atoms with Crippen molar-refractivity contribution in [3.05, 3.63) is 0 Å². The van der Waals surface area contributed by atoms with Crippen molar-refractivity contribution in [2.24, 2.45) is 17.6 Å². The van der Waals surface area contributed by atoms with Crippen LogP contribution in [0.4, 0.5) is 0 Å². The molecule has 0 heterocycles. The molecule has 1 rings (SSSR count). The molecular weight excluding hydrogens is 238 g/mol. The zero-order valence-electron chi connectivity index (χ0n) is 12.7. The Balaban J connectivity index is 2.28. The average Bonchev–Trinajstić information content (AvgIpc) is 2.43. The van der Waals surface area contributed by atoms with Crippen molar-refractivity contribution in [1.82, 2.24) is 0 Å². The van der Waals surface area contributed by atoms with E-state index in [2.05, 4.69) is 6.92 Å². The zero-order chi connectivity index (χ0) is 14.1. The molecule has 112 valence electrons. The standard InChI is InChI=1S/C16H31NO2/c1-3-4-5-6-9-13(2)19-16(18)15-11-8-7-10-14(15)12-17/h13-15H,3-12,17H2,1-2H3. The molecule has 1 saturated carbocycles. The van der Waals surface area contributed by atoms with E-state index in [9.17, 15) is 4.79 Å². The van der Waals surface area contributed by atoms with E-state index in [0.717, 1.165) is 32.1 Å². The predicted molar refractivity (Wildman–Crippen MR) is 78.8 cm³/mol. The molecule has 0 radical (unpaired) electrons. The summed E-state index contributed by atoms with van der Waals surface area (Å²) in [5.41, 5.74) is 5.77. The van der Waals surface area contributed by atoms with Crippen molar-refractivity contribution in [2.45, 2.75) is 77.7 Å². The monoisotopic (exact) mass is 269 g/mol. The second-order valence-electron chi connectivity index (χ2n) is 5.98. The van der Waals surface area contributed by atoms with Crippen LogP contribution in [0.1, 0.15) is 71.6 Å². The van der Waals surface area contributed by atoms with E-state index in [-0.39, 0.29) is 18.0 Å². The molecule has 19 heavy (non-hydrogen) atoms. The van der Waals surface area contributed by atoms with E-state index in [0.29, 0.717) is 12.5 Å². The van der Waals surface area contributed by atoms with Crippen LogP contribution in [0.25, 0.3) is 0 Å². The van der Waals surface area contributed by atoms with Crippen LogP contribution in [0.15, 0.2) is 0 Å². The molecule has 0 aromatic rings. The summed E-state index contributed by atoms with van der Waals surface area (Å²) in [5, 5.41) is 0.